The number of carbonyl (C=O) groups excluding carboxylic acids is 1. The fourth-order valence-corrected chi connectivity index (χ4v) is 2.61. The van der Waals surface area contributed by atoms with E-state index >= 15 is 0 Å². The van der Waals surface area contributed by atoms with Crippen LogP contribution in [0.25, 0.3) is 0 Å². The molecule has 0 fully saturated rings. The predicted octanol–water partition coefficient (Wildman–Crippen LogP) is 3.88. The molecule has 19 heavy (non-hydrogen) atoms. The Kier molecular flexibility index (Phi) is 6.36. The number of nitrogens with one attached hydrogen (secondary N) is 1. The molecule has 0 saturated carbocycles. The normalized spacial score (nSPS) is 11.5. The summed E-state index contributed by atoms with van der Waals surface area (Å²) in [4.78, 5) is 12.1. The first-order valence-corrected chi connectivity index (χ1v) is 7.81. The van der Waals surface area contributed by atoms with E-state index in [-0.39, 0.29) is 12.5 Å². The van der Waals surface area contributed by atoms with Gasteiger partial charge in [0.2, 0.25) is 0 Å². The Balaban J connectivity index is 2.85. The topological polar surface area (TPSA) is 49.3 Å². The van der Waals surface area contributed by atoms with E-state index in [2.05, 4.69) is 5.32 Å². The van der Waals surface area contributed by atoms with E-state index in [9.17, 15) is 9.90 Å². The zero-order chi connectivity index (χ0) is 14.6. The lowest BCUT2D eigenvalue weighted by atomic mass is 9.97. The van der Waals surface area contributed by atoms with E-state index in [1.54, 1.807) is 12.1 Å². The number of aliphatic hydroxyl groups is 1. The van der Waals surface area contributed by atoms with Crippen molar-refractivity contribution in [2.24, 2.45) is 0 Å². The van der Waals surface area contributed by atoms with Crippen molar-refractivity contribution in [3.05, 3.63) is 31.3 Å². The molecule has 0 aliphatic carbocycles. The quantitative estimate of drug-likeness (QED) is 0.566. The monoisotopic (exact) mass is 415 g/mol. The Bertz CT molecular complexity index is 476. The number of hydrogen-bond donors (Lipinski definition) is 2. The number of halogens is 3. The Labute approximate surface area is 136 Å². The summed E-state index contributed by atoms with van der Waals surface area (Å²) in [5.74, 6) is -0.283. The molecule has 106 valence electrons. The van der Waals surface area contributed by atoms with Gasteiger partial charge in [0.25, 0.3) is 5.91 Å². The summed E-state index contributed by atoms with van der Waals surface area (Å²) in [6.45, 7) is 3.98. The van der Waals surface area contributed by atoms with E-state index in [1.165, 1.54) is 0 Å². The third-order valence-electron chi connectivity index (χ3n) is 3.13. The van der Waals surface area contributed by atoms with Crippen LogP contribution in [0.3, 0.4) is 0 Å². The third-order valence-corrected chi connectivity index (χ3v) is 5.13. The predicted molar refractivity (Wildman–Crippen MR) is 87.0 cm³/mol. The van der Waals surface area contributed by atoms with Crippen LogP contribution in [0.1, 0.15) is 37.0 Å². The van der Waals surface area contributed by atoms with Crippen molar-refractivity contribution in [2.75, 3.05) is 6.54 Å². The first kappa shape index (κ1) is 17.0. The fraction of sp³-hybridized carbons (Fsp3) is 0.462. The van der Waals surface area contributed by atoms with Crippen molar-refractivity contribution < 1.29 is 9.90 Å². The van der Waals surface area contributed by atoms with Crippen LogP contribution in [-0.4, -0.2) is 23.2 Å². The van der Waals surface area contributed by atoms with Crippen molar-refractivity contribution in [3.8, 4) is 0 Å². The minimum Gasteiger partial charge on any atom is -0.388 e. The second-order valence-corrected chi connectivity index (χ2v) is 6.29. The van der Waals surface area contributed by atoms with E-state index in [4.69, 9.17) is 23.2 Å². The molecule has 0 aliphatic rings. The molecular formula is C13H16Cl2INO2. The molecule has 6 heteroatoms. The van der Waals surface area contributed by atoms with Crippen LogP contribution in [0.5, 0.6) is 0 Å². The minimum atomic E-state index is -0.872. The van der Waals surface area contributed by atoms with Gasteiger partial charge in [0, 0.05) is 15.1 Å². The van der Waals surface area contributed by atoms with Gasteiger partial charge in [-0.15, -0.1) is 0 Å². The maximum atomic E-state index is 12.1. The third kappa shape index (κ3) is 4.48. The molecule has 1 aromatic rings. The summed E-state index contributed by atoms with van der Waals surface area (Å²) >= 11 is 13.9. The highest BCUT2D eigenvalue weighted by Gasteiger charge is 2.24. The molecule has 1 amide bonds. The lowest BCUT2D eigenvalue weighted by Gasteiger charge is -2.25. The highest BCUT2D eigenvalue weighted by atomic mass is 127. The van der Waals surface area contributed by atoms with Crippen LogP contribution in [0, 0.1) is 3.57 Å². The molecular weight excluding hydrogens is 400 g/mol. The average Bonchev–Trinajstić information content (AvgIpc) is 2.39. The van der Waals surface area contributed by atoms with Crippen molar-refractivity contribution >= 4 is 51.7 Å². The van der Waals surface area contributed by atoms with Crippen LogP contribution in [0.4, 0.5) is 0 Å². The maximum absolute atomic E-state index is 12.1. The average molecular weight is 416 g/mol. The van der Waals surface area contributed by atoms with Crippen LogP contribution in [0.15, 0.2) is 12.1 Å². The van der Waals surface area contributed by atoms with Crippen LogP contribution >= 0.6 is 45.8 Å². The minimum absolute atomic E-state index is 0.207. The first-order valence-electron chi connectivity index (χ1n) is 5.98. The van der Waals surface area contributed by atoms with Gasteiger partial charge in [0.1, 0.15) is 0 Å². The molecule has 0 spiro atoms. The SMILES string of the molecule is CCC(O)(CC)CNC(=O)c1cc(Cl)cc(Cl)c1I. The molecule has 2 N–H and O–H groups in total. The molecule has 3 nitrogen and oxygen atoms in total. The second kappa shape index (κ2) is 7.11. The number of benzene rings is 1. The van der Waals surface area contributed by atoms with Crippen molar-refractivity contribution in [2.45, 2.75) is 32.3 Å². The molecule has 0 unspecified atom stereocenters. The molecule has 0 saturated heterocycles. The molecule has 1 rings (SSSR count). The summed E-state index contributed by atoms with van der Waals surface area (Å²) in [5.41, 5.74) is -0.448. The van der Waals surface area contributed by atoms with Crippen molar-refractivity contribution in [1.29, 1.82) is 0 Å². The fourth-order valence-electron chi connectivity index (χ4n) is 1.56. The second-order valence-electron chi connectivity index (χ2n) is 4.36. The van der Waals surface area contributed by atoms with Crippen molar-refractivity contribution in [1.82, 2.24) is 5.32 Å². The zero-order valence-corrected chi connectivity index (χ0v) is 14.4. The highest BCUT2D eigenvalue weighted by Crippen LogP contribution is 2.27. The van der Waals surface area contributed by atoms with Gasteiger partial charge in [-0.05, 0) is 47.6 Å². The Hall–Kier alpha value is -0.0400. The number of rotatable bonds is 5. The number of hydrogen-bond acceptors (Lipinski definition) is 2. The molecule has 0 bridgehead atoms. The summed E-state index contributed by atoms with van der Waals surface area (Å²) in [6.07, 6.45) is 1.16. The van der Waals surface area contributed by atoms with Crippen LogP contribution < -0.4 is 5.32 Å². The maximum Gasteiger partial charge on any atom is 0.252 e. The summed E-state index contributed by atoms with van der Waals surface area (Å²) < 4.78 is 0.651. The van der Waals surface area contributed by atoms with Gasteiger partial charge in [-0.3, -0.25) is 4.79 Å². The Morgan fingerprint density at radius 1 is 1.37 bits per heavy atom. The smallest absolute Gasteiger partial charge is 0.252 e. The summed E-state index contributed by atoms with van der Waals surface area (Å²) in [5, 5.41) is 13.7. The lowest BCUT2D eigenvalue weighted by molar-refractivity contribution is 0.0314. The first-order chi connectivity index (χ1) is 8.83. The molecule has 0 atom stereocenters. The standard InChI is InChI=1S/C13H16Cl2INO2/c1-3-13(19,4-2)7-17-12(18)9-5-8(14)6-10(15)11(9)16/h5-6,19H,3-4,7H2,1-2H3,(H,17,18). The van der Waals surface area contributed by atoms with Crippen LogP contribution in [0.2, 0.25) is 10.0 Å². The van der Waals surface area contributed by atoms with Crippen LogP contribution in [-0.2, 0) is 0 Å². The van der Waals surface area contributed by atoms with Crippen molar-refractivity contribution in [3.63, 3.8) is 0 Å². The van der Waals surface area contributed by atoms with E-state index < -0.39 is 5.60 Å². The largest absolute Gasteiger partial charge is 0.388 e. The zero-order valence-electron chi connectivity index (χ0n) is 10.8. The number of amides is 1. The van der Waals surface area contributed by atoms with Gasteiger partial charge in [-0.25, -0.2) is 0 Å². The van der Waals surface area contributed by atoms with E-state index in [0.717, 1.165) is 0 Å². The molecule has 0 aliphatic heterocycles. The van der Waals surface area contributed by atoms with E-state index in [0.29, 0.717) is 32.0 Å². The molecule has 0 heterocycles. The summed E-state index contributed by atoms with van der Waals surface area (Å²) in [6, 6.07) is 3.16. The Morgan fingerprint density at radius 2 is 1.95 bits per heavy atom. The van der Waals surface area contributed by atoms with Gasteiger partial charge in [0.05, 0.1) is 16.2 Å². The highest BCUT2D eigenvalue weighted by molar-refractivity contribution is 14.1. The lowest BCUT2D eigenvalue weighted by Crippen LogP contribution is -2.42. The molecule has 0 aromatic heterocycles. The van der Waals surface area contributed by atoms with Gasteiger partial charge < -0.3 is 10.4 Å². The molecule has 0 radical (unpaired) electrons. The molecule has 1 aromatic carbocycles. The Morgan fingerprint density at radius 3 is 2.47 bits per heavy atom. The van der Waals surface area contributed by atoms with Gasteiger partial charge in [-0.1, -0.05) is 37.0 Å². The van der Waals surface area contributed by atoms with Gasteiger partial charge in [0.15, 0.2) is 0 Å². The van der Waals surface area contributed by atoms with Gasteiger partial charge in [-0.2, -0.15) is 0 Å². The summed E-state index contributed by atoms with van der Waals surface area (Å²) in [7, 11) is 0. The van der Waals surface area contributed by atoms with E-state index in [1.807, 2.05) is 36.4 Å². The number of carbonyl (C=O) groups is 1. The van der Waals surface area contributed by atoms with Gasteiger partial charge >= 0.3 is 0 Å².